The van der Waals surface area contributed by atoms with Gasteiger partial charge >= 0.3 is 12.0 Å². The van der Waals surface area contributed by atoms with Crippen molar-refractivity contribution < 1.29 is 19.5 Å². The van der Waals surface area contributed by atoms with E-state index in [0.29, 0.717) is 17.8 Å². The fraction of sp³-hybridized carbons (Fsp3) is 0.500. The number of carboxylic acid groups (broad SMARTS) is 1. The Kier molecular flexibility index (Phi) is 7.25. The van der Waals surface area contributed by atoms with Crippen LogP contribution in [0.15, 0.2) is 24.3 Å². The molecule has 1 aromatic carbocycles. The van der Waals surface area contributed by atoms with Gasteiger partial charge in [0.25, 0.3) is 0 Å². The van der Waals surface area contributed by atoms with E-state index in [1.807, 2.05) is 0 Å². The number of anilines is 2. The quantitative estimate of drug-likeness (QED) is 0.568. The van der Waals surface area contributed by atoms with E-state index in [1.165, 1.54) is 6.42 Å². The summed E-state index contributed by atoms with van der Waals surface area (Å²) in [6.07, 6.45) is 5.66. The van der Waals surface area contributed by atoms with Gasteiger partial charge in [-0.05, 0) is 37.5 Å². The number of benzene rings is 1. The van der Waals surface area contributed by atoms with Crippen molar-refractivity contribution in [3.63, 3.8) is 0 Å². The van der Waals surface area contributed by atoms with Crippen LogP contribution in [0.5, 0.6) is 0 Å². The molecule has 7 heteroatoms. The van der Waals surface area contributed by atoms with Crippen LogP contribution in [-0.4, -0.2) is 29.6 Å². The third-order valence-corrected chi connectivity index (χ3v) is 4.22. The van der Waals surface area contributed by atoms with E-state index in [2.05, 4.69) is 16.0 Å². The first-order valence-corrected chi connectivity index (χ1v) is 8.72. The van der Waals surface area contributed by atoms with Gasteiger partial charge in [0.15, 0.2) is 0 Å². The molecule has 25 heavy (non-hydrogen) atoms. The Morgan fingerprint density at radius 3 is 2.40 bits per heavy atom. The highest BCUT2D eigenvalue weighted by atomic mass is 16.4. The highest BCUT2D eigenvalue weighted by molar-refractivity contribution is 5.94. The average Bonchev–Trinajstić information content (AvgIpc) is 2.59. The zero-order valence-electron chi connectivity index (χ0n) is 14.2. The van der Waals surface area contributed by atoms with Crippen LogP contribution in [-0.2, 0) is 9.59 Å². The molecular weight excluding hydrogens is 322 g/mol. The smallest absolute Gasteiger partial charge is 0.319 e. The Balaban J connectivity index is 1.80. The Hall–Kier alpha value is -2.57. The lowest BCUT2D eigenvalue weighted by Crippen LogP contribution is -2.29. The second kappa shape index (κ2) is 9.66. The summed E-state index contributed by atoms with van der Waals surface area (Å²) in [5.41, 5.74) is 1.22. The highest BCUT2D eigenvalue weighted by Crippen LogP contribution is 2.25. The summed E-state index contributed by atoms with van der Waals surface area (Å²) in [7, 11) is 0. The molecule has 4 N–H and O–H groups in total. The largest absolute Gasteiger partial charge is 0.481 e. The van der Waals surface area contributed by atoms with Gasteiger partial charge in [-0.25, -0.2) is 4.79 Å². The third kappa shape index (κ3) is 6.82. The SMILES string of the molecule is O=C(O)CCCNC(=O)Nc1cccc(NC(=O)C2CCCCC2)c1. The molecule has 7 nitrogen and oxygen atoms in total. The van der Waals surface area contributed by atoms with Crippen molar-refractivity contribution in [2.24, 2.45) is 5.92 Å². The van der Waals surface area contributed by atoms with Crippen LogP contribution < -0.4 is 16.0 Å². The highest BCUT2D eigenvalue weighted by Gasteiger charge is 2.21. The lowest BCUT2D eigenvalue weighted by molar-refractivity contribution is -0.137. The molecule has 136 valence electrons. The van der Waals surface area contributed by atoms with Crippen molar-refractivity contribution >= 4 is 29.3 Å². The number of amides is 3. The maximum Gasteiger partial charge on any atom is 0.319 e. The standard InChI is InChI=1S/C18H25N3O4/c22-16(23)10-5-11-19-18(25)21-15-9-4-8-14(12-15)20-17(24)13-6-2-1-3-7-13/h4,8-9,12-13H,1-3,5-7,10-11H2,(H,20,24)(H,22,23)(H2,19,21,25). The zero-order chi connectivity index (χ0) is 18.1. The summed E-state index contributed by atoms with van der Waals surface area (Å²) < 4.78 is 0. The predicted octanol–water partition coefficient (Wildman–Crippen LogP) is 3.19. The summed E-state index contributed by atoms with van der Waals surface area (Å²) in [5, 5.41) is 16.7. The van der Waals surface area contributed by atoms with Crippen LogP contribution in [0.4, 0.5) is 16.2 Å². The van der Waals surface area contributed by atoms with E-state index in [0.717, 1.165) is 25.7 Å². The normalized spacial score (nSPS) is 14.6. The van der Waals surface area contributed by atoms with Crippen LogP contribution in [0.1, 0.15) is 44.9 Å². The van der Waals surface area contributed by atoms with Crippen LogP contribution in [0, 0.1) is 5.92 Å². The molecule has 3 amide bonds. The number of carboxylic acids is 1. The molecule has 1 aliphatic carbocycles. The molecule has 2 rings (SSSR count). The summed E-state index contributed by atoms with van der Waals surface area (Å²) in [5.74, 6) is -0.776. The van der Waals surface area contributed by atoms with E-state index >= 15 is 0 Å². The first-order chi connectivity index (χ1) is 12.0. The molecule has 0 unspecified atom stereocenters. The van der Waals surface area contributed by atoms with Crippen molar-refractivity contribution in [2.45, 2.75) is 44.9 Å². The number of aliphatic carboxylic acids is 1. The Bertz CT molecular complexity index is 612. The monoisotopic (exact) mass is 347 g/mol. The number of hydrogen-bond acceptors (Lipinski definition) is 3. The number of nitrogens with one attached hydrogen (secondary N) is 3. The second-order valence-corrected chi connectivity index (χ2v) is 6.28. The lowest BCUT2D eigenvalue weighted by atomic mass is 9.88. The molecule has 1 aromatic rings. The van der Waals surface area contributed by atoms with Crippen molar-refractivity contribution in [3.8, 4) is 0 Å². The van der Waals surface area contributed by atoms with Crippen molar-refractivity contribution in [1.82, 2.24) is 5.32 Å². The Morgan fingerprint density at radius 2 is 1.72 bits per heavy atom. The van der Waals surface area contributed by atoms with Crippen molar-refractivity contribution in [2.75, 3.05) is 17.2 Å². The molecule has 1 fully saturated rings. The summed E-state index contributed by atoms with van der Waals surface area (Å²) in [6, 6.07) is 6.58. The van der Waals surface area contributed by atoms with E-state index < -0.39 is 12.0 Å². The number of hydrogen-bond donors (Lipinski definition) is 4. The first-order valence-electron chi connectivity index (χ1n) is 8.72. The molecule has 0 bridgehead atoms. The Morgan fingerprint density at radius 1 is 1.04 bits per heavy atom. The summed E-state index contributed by atoms with van der Waals surface area (Å²) in [4.78, 5) is 34.5. The average molecular weight is 347 g/mol. The minimum absolute atomic E-state index is 0.0168. The van der Waals surface area contributed by atoms with Gasteiger partial charge in [0.2, 0.25) is 5.91 Å². The molecule has 0 atom stereocenters. The van der Waals surface area contributed by atoms with Crippen LogP contribution >= 0.6 is 0 Å². The van der Waals surface area contributed by atoms with E-state index in [9.17, 15) is 14.4 Å². The molecule has 0 heterocycles. The summed E-state index contributed by atoms with van der Waals surface area (Å²) in [6.45, 7) is 0.288. The van der Waals surface area contributed by atoms with Crippen LogP contribution in [0.25, 0.3) is 0 Å². The third-order valence-electron chi connectivity index (χ3n) is 4.22. The molecule has 0 saturated heterocycles. The number of carbonyl (C=O) groups is 3. The maximum absolute atomic E-state index is 12.3. The maximum atomic E-state index is 12.3. The number of rotatable bonds is 7. The van der Waals surface area contributed by atoms with Crippen molar-refractivity contribution in [1.29, 1.82) is 0 Å². The second-order valence-electron chi connectivity index (χ2n) is 6.28. The van der Waals surface area contributed by atoms with Crippen molar-refractivity contribution in [3.05, 3.63) is 24.3 Å². The van der Waals surface area contributed by atoms with Gasteiger partial charge in [-0.15, -0.1) is 0 Å². The molecular formula is C18H25N3O4. The molecule has 1 saturated carbocycles. The first kappa shape index (κ1) is 18.8. The van der Waals surface area contributed by atoms with Gasteiger partial charge in [0, 0.05) is 30.3 Å². The minimum atomic E-state index is -0.886. The lowest BCUT2D eigenvalue weighted by Gasteiger charge is -2.20. The van der Waals surface area contributed by atoms with E-state index in [1.54, 1.807) is 24.3 Å². The Labute approximate surface area is 147 Å². The van der Waals surface area contributed by atoms with Gasteiger partial charge in [0.1, 0.15) is 0 Å². The zero-order valence-corrected chi connectivity index (χ0v) is 14.2. The predicted molar refractivity (Wildman–Crippen MR) is 95.5 cm³/mol. The fourth-order valence-corrected chi connectivity index (χ4v) is 2.90. The van der Waals surface area contributed by atoms with Gasteiger partial charge < -0.3 is 21.1 Å². The van der Waals surface area contributed by atoms with Gasteiger partial charge in [-0.3, -0.25) is 9.59 Å². The van der Waals surface area contributed by atoms with Crippen LogP contribution in [0.2, 0.25) is 0 Å². The molecule has 1 aliphatic rings. The fourth-order valence-electron chi connectivity index (χ4n) is 2.90. The van der Waals surface area contributed by atoms with Gasteiger partial charge in [-0.1, -0.05) is 25.3 Å². The molecule has 0 aliphatic heterocycles. The number of urea groups is 1. The molecule has 0 spiro atoms. The summed E-state index contributed by atoms with van der Waals surface area (Å²) >= 11 is 0. The minimum Gasteiger partial charge on any atom is -0.481 e. The van der Waals surface area contributed by atoms with Crippen LogP contribution in [0.3, 0.4) is 0 Å². The van der Waals surface area contributed by atoms with Gasteiger partial charge in [0.05, 0.1) is 0 Å². The molecule has 0 aromatic heterocycles. The molecule has 0 radical (unpaired) electrons. The number of carbonyl (C=O) groups excluding carboxylic acids is 2. The topological polar surface area (TPSA) is 108 Å². The van der Waals surface area contributed by atoms with E-state index in [4.69, 9.17) is 5.11 Å². The van der Waals surface area contributed by atoms with Gasteiger partial charge in [-0.2, -0.15) is 0 Å². The van der Waals surface area contributed by atoms with E-state index in [-0.39, 0.29) is 24.8 Å².